The average Bonchev–Trinajstić information content (AvgIpc) is 2.75. The van der Waals surface area contributed by atoms with E-state index < -0.39 is 0 Å². The van der Waals surface area contributed by atoms with Crippen LogP contribution in [-0.2, 0) is 19.9 Å². The van der Waals surface area contributed by atoms with Gasteiger partial charge in [-0.25, -0.2) is 0 Å². The van der Waals surface area contributed by atoms with Crippen molar-refractivity contribution in [2.24, 2.45) is 7.05 Å². The van der Waals surface area contributed by atoms with Gasteiger partial charge in [0.05, 0.1) is 5.69 Å². The largest absolute Gasteiger partial charge is 0.313 e. The minimum atomic E-state index is 0.213. The molecule has 2 aromatic rings. The maximum absolute atomic E-state index is 6.14. The summed E-state index contributed by atoms with van der Waals surface area (Å²) in [7, 11) is 3.96. The molecule has 0 amide bonds. The van der Waals surface area contributed by atoms with Gasteiger partial charge in [-0.05, 0) is 43.3 Å². The van der Waals surface area contributed by atoms with Crippen LogP contribution in [-0.4, -0.2) is 16.8 Å². The lowest BCUT2D eigenvalue weighted by molar-refractivity contribution is 0.561. The van der Waals surface area contributed by atoms with Gasteiger partial charge >= 0.3 is 0 Å². The van der Waals surface area contributed by atoms with Crippen LogP contribution in [0.15, 0.2) is 28.7 Å². The van der Waals surface area contributed by atoms with Crippen LogP contribution >= 0.6 is 27.5 Å². The van der Waals surface area contributed by atoms with Crippen LogP contribution in [0, 0.1) is 0 Å². The number of nitrogens with zero attached hydrogens (tertiary/aromatic N) is 2. The van der Waals surface area contributed by atoms with E-state index in [0.717, 1.165) is 28.0 Å². The zero-order valence-electron chi connectivity index (χ0n) is 12.0. The molecular formula is C15H19BrClN3. The normalized spacial score (nSPS) is 12.7. The highest BCUT2D eigenvalue weighted by atomic mass is 79.9. The van der Waals surface area contributed by atoms with Gasteiger partial charge in [-0.15, -0.1) is 0 Å². The van der Waals surface area contributed by atoms with Crippen molar-refractivity contribution in [2.75, 3.05) is 7.05 Å². The first kappa shape index (κ1) is 15.5. The maximum Gasteiger partial charge on any atom is 0.0624 e. The van der Waals surface area contributed by atoms with Crippen molar-refractivity contribution in [3.63, 3.8) is 0 Å². The molecule has 0 spiro atoms. The first-order chi connectivity index (χ1) is 9.53. The highest BCUT2D eigenvalue weighted by Crippen LogP contribution is 2.26. The van der Waals surface area contributed by atoms with Crippen LogP contribution in [0.25, 0.3) is 0 Å². The molecule has 5 heteroatoms. The topological polar surface area (TPSA) is 29.9 Å². The van der Waals surface area contributed by atoms with Crippen LogP contribution in [0.2, 0.25) is 5.02 Å². The standard InChI is InChI=1S/C15H19BrClN3/c1-4-13-8-14(20(3)19-13)9-15(18-2)10-5-11(16)7-12(17)6-10/h5-8,15,18H,4,9H2,1-3H3. The summed E-state index contributed by atoms with van der Waals surface area (Å²) in [5, 5.41) is 8.60. The Morgan fingerprint density at radius 2 is 2.10 bits per heavy atom. The Hall–Kier alpha value is -0.840. The number of nitrogens with one attached hydrogen (secondary N) is 1. The third-order valence-corrected chi connectivity index (χ3v) is 4.11. The van der Waals surface area contributed by atoms with Crippen molar-refractivity contribution in [3.05, 3.63) is 50.7 Å². The molecule has 1 heterocycles. The summed E-state index contributed by atoms with van der Waals surface area (Å²) in [5.74, 6) is 0. The predicted molar refractivity (Wildman–Crippen MR) is 87.2 cm³/mol. The third-order valence-electron chi connectivity index (χ3n) is 3.44. The van der Waals surface area contributed by atoms with Crippen molar-refractivity contribution >= 4 is 27.5 Å². The van der Waals surface area contributed by atoms with Crippen LogP contribution in [0.3, 0.4) is 0 Å². The monoisotopic (exact) mass is 355 g/mol. The molecule has 0 aliphatic heterocycles. The smallest absolute Gasteiger partial charge is 0.0624 e. The Bertz CT molecular complexity index is 575. The van der Waals surface area contributed by atoms with E-state index in [1.165, 1.54) is 11.3 Å². The van der Waals surface area contributed by atoms with Gasteiger partial charge in [0.25, 0.3) is 0 Å². The summed E-state index contributed by atoms with van der Waals surface area (Å²) in [6.07, 6.45) is 1.84. The first-order valence-electron chi connectivity index (χ1n) is 6.68. The van der Waals surface area contributed by atoms with E-state index in [4.69, 9.17) is 11.6 Å². The fourth-order valence-electron chi connectivity index (χ4n) is 2.31. The number of hydrogen-bond acceptors (Lipinski definition) is 2. The van der Waals surface area contributed by atoms with E-state index >= 15 is 0 Å². The highest BCUT2D eigenvalue weighted by molar-refractivity contribution is 9.10. The first-order valence-corrected chi connectivity index (χ1v) is 7.85. The van der Waals surface area contributed by atoms with Gasteiger partial charge < -0.3 is 5.32 Å². The number of likely N-dealkylation sites (N-methyl/N-ethyl adjacent to an activating group) is 1. The lowest BCUT2D eigenvalue weighted by atomic mass is 10.0. The molecule has 0 fully saturated rings. The molecule has 0 saturated carbocycles. The molecule has 0 aliphatic rings. The fourth-order valence-corrected chi connectivity index (χ4v) is 3.19. The molecule has 0 bridgehead atoms. The van der Waals surface area contributed by atoms with Gasteiger partial charge in [0, 0.05) is 34.7 Å². The second-order valence-electron chi connectivity index (χ2n) is 4.85. The molecule has 1 aromatic carbocycles. The molecule has 108 valence electrons. The lowest BCUT2D eigenvalue weighted by Crippen LogP contribution is -2.20. The summed E-state index contributed by atoms with van der Waals surface area (Å²) < 4.78 is 2.96. The molecular weight excluding hydrogens is 338 g/mol. The Balaban J connectivity index is 2.25. The van der Waals surface area contributed by atoms with Crippen LogP contribution in [0.4, 0.5) is 0 Å². The van der Waals surface area contributed by atoms with Crippen LogP contribution in [0.5, 0.6) is 0 Å². The molecule has 3 nitrogen and oxygen atoms in total. The van der Waals surface area contributed by atoms with E-state index in [9.17, 15) is 0 Å². The number of aryl methyl sites for hydroxylation is 2. The van der Waals surface area contributed by atoms with Gasteiger partial charge in [-0.1, -0.05) is 34.5 Å². The molecule has 2 rings (SSSR count). The van der Waals surface area contributed by atoms with E-state index in [-0.39, 0.29) is 6.04 Å². The Kier molecular flexibility index (Phi) is 5.24. The van der Waals surface area contributed by atoms with E-state index in [0.29, 0.717) is 0 Å². The SMILES string of the molecule is CCc1cc(CC(NC)c2cc(Cl)cc(Br)c2)n(C)n1. The molecule has 1 unspecified atom stereocenters. The van der Waals surface area contributed by atoms with Crippen molar-refractivity contribution in [3.8, 4) is 0 Å². The number of benzene rings is 1. The number of hydrogen-bond donors (Lipinski definition) is 1. The molecule has 1 aromatic heterocycles. The number of aromatic nitrogens is 2. The molecule has 0 aliphatic carbocycles. The van der Waals surface area contributed by atoms with Gasteiger partial charge in [0.15, 0.2) is 0 Å². The zero-order valence-corrected chi connectivity index (χ0v) is 14.3. The summed E-state index contributed by atoms with van der Waals surface area (Å²) >= 11 is 9.63. The Morgan fingerprint density at radius 1 is 1.35 bits per heavy atom. The number of rotatable bonds is 5. The van der Waals surface area contributed by atoms with Crippen molar-refractivity contribution < 1.29 is 0 Å². The maximum atomic E-state index is 6.14. The average molecular weight is 357 g/mol. The van der Waals surface area contributed by atoms with E-state index in [1.54, 1.807) is 0 Å². The van der Waals surface area contributed by atoms with Crippen molar-refractivity contribution in [1.29, 1.82) is 0 Å². The molecule has 0 saturated heterocycles. The minimum Gasteiger partial charge on any atom is -0.313 e. The van der Waals surface area contributed by atoms with Gasteiger partial charge in [-0.2, -0.15) is 5.10 Å². The van der Waals surface area contributed by atoms with Gasteiger partial charge in [0.2, 0.25) is 0 Å². The Morgan fingerprint density at radius 3 is 2.65 bits per heavy atom. The van der Waals surface area contributed by atoms with Crippen LogP contribution < -0.4 is 5.32 Å². The highest BCUT2D eigenvalue weighted by Gasteiger charge is 2.14. The minimum absolute atomic E-state index is 0.213. The molecule has 1 N–H and O–H groups in total. The van der Waals surface area contributed by atoms with E-state index in [1.807, 2.05) is 30.9 Å². The van der Waals surface area contributed by atoms with Gasteiger partial charge in [-0.3, -0.25) is 4.68 Å². The van der Waals surface area contributed by atoms with Crippen molar-refractivity contribution in [1.82, 2.24) is 15.1 Å². The molecule has 20 heavy (non-hydrogen) atoms. The summed E-state index contributed by atoms with van der Waals surface area (Å²) in [6.45, 7) is 2.12. The quantitative estimate of drug-likeness (QED) is 0.880. The summed E-state index contributed by atoms with van der Waals surface area (Å²) in [4.78, 5) is 0. The lowest BCUT2D eigenvalue weighted by Gasteiger charge is -2.17. The second-order valence-corrected chi connectivity index (χ2v) is 6.20. The predicted octanol–water partition coefficient (Wildman–Crippen LogP) is 3.90. The summed E-state index contributed by atoms with van der Waals surface area (Å²) in [5.41, 5.74) is 3.52. The van der Waals surface area contributed by atoms with Crippen molar-refractivity contribution in [2.45, 2.75) is 25.8 Å². The number of halogens is 2. The Labute approximate surface area is 133 Å². The molecule has 1 atom stereocenters. The third kappa shape index (κ3) is 3.62. The van der Waals surface area contributed by atoms with Crippen LogP contribution in [0.1, 0.15) is 29.9 Å². The zero-order chi connectivity index (χ0) is 14.7. The second kappa shape index (κ2) is 6.74. The van der Waals surface area contributed by atoms with E-state index in [2.05, 4.69) is 45.4 Å². The fraction of sp³-hybridized carbons (Fsp3) is 0.400. The van der Waals surface area contributed by atoms with Gasteiger partial charge in [0.1, 0.15) is 0 Å². The molecule has 0 radical (unpaired) electrons. The summed E-state index contributed by atoms with van der Waals surface area (Å²) in [6, 6.07) is 8.39.